The quantitative estimate of drug-likeness (QED) is 0.714. The molecule has 0 radical (unpaired) electrons. The van der Waals surface area contributed by atoms with Crippen molar-refractivity contribution < 1.29 is 29.6 Å². The maximum absolute atomic E-state index is 13.0. The number of rotatable bonds is 5. The van der Waals surface area contributed by atoms with Gasteiger partial charge in [0.05, 0.1) is 12.7 Å². The number of methoxy groups -OCH3 is 1. The Hall–Kier alpha value is -3.15. The van der Waals surface area contributed by atoms with Gasteiger partial charge in [0, 0.05) is 10.9 Å². The summed E-state index contributed by atoms with van der Waals surface area (Å²) in [7, 11) is 1.39. The van der Waals surface area contributed by atoms with Crippen molar-refractivity contribution in [1.82, 2.24) is 0 Å². The highest BCUT2D eigenvalue weighted by atomic mass is 16.5. The molecule has 0 saturated carbocycles. The van der Waals surface area contributed by atoms with Gasteiger partial charge in [-0.25, -0.2) is 4.79 Å². The van der Waals surface area contributed by atoms with Crippen LogP contribution in [0.5, 0.6) is 23.0 Å². The molecule has 1 aliphatic heterocycles. The number of ether oxygens (including phenoxy) is 2. The summed E-state index contributed by atoms with van der Waals surface area (Å²) >= 11 is 0. The molecule has 0 spiro atoms. The number of carboxylic acids is 1. The number of carboxylic acid groups (broad SMARTS) is 1. The largest absolute Gasteiger partial charge is 0.871 e. The van der Waals surface area contributed by atoms with Gasteiger partial charge in [0.1, 0.15) is 11.4 Å². The maximum atomic E-state index is 13.0. The SMILES string of the molecule is COc1cc(C(=O)O)c([O-])c2c3c(c(O)cc12)OC(C)(CCC=C(C)C)C=C3C. The number of allylic oxidation sites excluding steroid dienone is 3. The minimum absolute atomic E-state index is 0.117. The van der Waals surface area contributed by atoms with E-state index in [0.29, 0.717) is 17.4 Å². The second-order valence-electron chi connectivity index (χ2n) is 7.85. The van der Waals surface area contributed by atoms with Crippen molar-refractivity contribution >= 4 is 22.3 Å². The fourth-order valence-corrected chi connectivity index (χ4v) is 3.86. The van der Waals surface area contributed by atoms with Crippen LogP contribution in [0.15, 0.2) is 29.9 Å². The third kappa shape index (κ3) is 3.62. The second-order valence-corrected chi connectivity index (χ2v) is 7.85. The molecule has 0 bridgehead atoms. The fourth-order valence-electron chi connectivity index (χ4n) is 3.86. The van der Waals surface area contributed by atoms with Gasteiger partial charge in [-0.2, -0.15) is 0 Å². The van der Waals surface area contributed by atoms with Crippen molar-refractivity contribution in [1.29, 1.82) is 0 Å². The van der Waals surface area contributed by atoms with E-state index in [1.54, 1.807) is 0 Å². The standard InChI is InChI=1S/C23H26O6/c1-12(2)7-6-8-23(4)11-13(3)18-19-14(9-16(24)21(18)29-23)17(28-5)10-15(20(19)25)22(26)27/h7,9-11,24-25H,6,8H2,1-5H3,(H,26,27)/p-1. The van der Waals surface area contributed by atoms with Crippen LogP contribution < -0.4 is 14.6 Å². The Morgan fingerprint density at radius 1 is 1.34 bits per heavy atom. The summed E-state index contributed by atoms with van der Waals surface area (Å²) < 4.78 is 11.4. The van der Waals surface area contributed by atoms with E-state index in [9.17, 15) is 20.1 Å². The number of hydrogen-bond donors (Lipinski definition) is 2. The van der Waals surface area contributed by atoms with Crippen LogP contribution >= 0.6 is 0 Å². The van der Waals surface area contributed by atoms with E-state index in [4.69, 9.17) is 9.47 Å². The molecule has 1 unspecified atom stereocenters. The summed E-state index contributed by atoms with van der Waals surface area (Å²) in [6.07, 6.45) is 5.53. The highest BCUT2D eigenvalue weighted by Gasteiger charge is 2.33. The molecule has 1 atom stereocenters. The summed E-state index contributed by atoms with van der Waals surface area (Å²) in [5.74, 6) is -1.68. The summed E-state index contributed by atoms with van der Waals surface area (Å²) in [4.78, 5) is 11.6. The van der Waals surface area contributed by atoms with E-state index in [2.05, 4.69) is 6.08 Å². The zero-order valence-electron chi connectivity index (χ0n) is 17.3. The van der Waals surface area contributed by atoms with Gasteiger partial charge in [0.2, 0.25) is 0 Å². The smallest absolute Gasteiger partial charge is 0.335 e. The van der Waals surface area contributed by atoms with E-state index in [0.717, 1.165) is 12.0 Å². The number of phenolic OH excluding ortho intramolecular Hbond substituents is 1. The molecule has 0 amide bonds. The summed E-state index contributed by atoms with van der Waals surface area (Å²) in [5.41, 5.74) is 1.32. The van der Waals surface area contributed by atoms with E-state index in [1.165, 1.54) is 24.8 Å². The van der Waals surface area contributed by atoms with E-state index in [-0.39, 0.29) is 28.2 Å². The number of benzene rings is 2. The zero-order valence-corrected chi connectivity index (χ0v) is 17.3. The maximum Gasteiger partial charge on any atom is 0.335 e. The van der Waals surface area contributed by atoms with Crippen LogP contribution in [0.4, 0.5) is 0 Å². The lowest BCUT2D eigenvalue weighted by atomic mass is 9.87. The number of hydrogen-bond acceptors (Lipinski definition) is 5. The van der Waals surface area contributed by atoms with Crippen molar-refractivity contribution in [2.24, 2.45) is 0 Å². The second kappa shape index (κ2) is 7.35. The van der Waals surface area contributed by atoms with E-state index >= 15 is 0 Å². The highest BCUT2D eigenvalue weighted by molar-refractivity contribution is 6.09. The first-order valence-corrected chi connectivity index (χ1v) is 9.41. The molecule has 2 aromatic rings. The first kappa shape index (κ1) is 20.6. The molecule has 3 rings (SSSR count). The zero-order chi connectivity index (χ0) is 21.5. The molecular weight excluding hydrogens is 372 g/mol. The van der Waals surface area contributed by atoms with Gasteiger partial charge in [-0.05, 0) is 69.7 Å². The predicted molar refractivity (Wildman–Crippen MR) is 110 cm³/mol. The first-order valence-electron chi connectivity index (χ1n) is 9.41. The van der Waals surface area contributed by atoms with Gasteiger partial charge < -0.3 is 24.8 Å². The lowest BCUT2D eigenvalue weighted by Crippen LogP contribution is -2.32. The van der Waals surface area contributed by atoms with Crippen molar-refractivity contribution in [3.8, 4) is 23.0 Å². The fraction of sp³-hybridized carbons (Fsp3) is 0.348. The number of phenols is 1. The van der Waals surface area contributed by atoms with Gasteiger partial charge in [-0.15, -0.1) is 0 Å². The van der Waals surface area contributed by atoms with Crippen LogP contribution in [-0.2, 0) is 0 Å². The summed E-state index contributed by atoms with van der Waals surface area (Å²) in [5, 5.41) is 33.6. The Balaban J connectivity index is 2.26. The van der Waals surface area contributed by atoms with Crippen molar-refractivity contribution in [2.75, 3.05) is 7.11 Å². The molecule has 0 aromatic heterocycles. The Morgan fingerprint density at radius 3 is 2.62 bits per heavy atom. The molecule has 29 heavy (non-hydrogen) atoms. The molecule has 2 N–H and O–H groups in total. The third-order valence-corrected chi connectivity index (χ3v) is 5.17. The molecular formula is C23H25O6-. The first-order chi connectivity index (χ1) is 13.6. The molecule has 0 fully saturated rings. The van der Waals surface area contributed by atoms with Gasteiger partial charge in [-0.3, -0.25) is 0 Å². The van der Waals surface area contributed by atoms with E-state index in [1.807, 2.05) is 33.8 Å². The molecule has 2 aromatic carbocycles. The average Bonchev–Trinajstić information content (AvgIpc) is 2.61. The number of aromatic hydroxyl groups is 1. The van der Waals surface area contributed by atoms with Crippen LogP contribution in [0.1, 0.15) is 56.5 Å². The number of fused-ring (bicyclic) bond motifs is 3. The van der Waals surface area contributed by atoms with Crippen molar-refractivity contribution in [3.05, 3.63) is 41.0 Å². The van der Waals surface area contributed by atoms with Crippen LogP contribution in [-0.4, -0.2) is 28.9 Å². The monoisotopic (exact) mass is 397 g/mol. The Bertz CT molecular complexity index is 1060. The summed E-state index contributed by atoms with van der Waals surface area (Å²) in [6, 6.07) is 2.58. The topological polar surface area (TPSA) is 99.1 Å². The van der Waals surface area contributed by atoms with Crippen LogP contribution in [0.3, 0.4) is 0 Å². The predicted octanol–water partition coefficient (Wildman–Crippen LogP) is 4.63. The molecule has 0 aliphatic carbocycles. The summed E-state index contributed by atoms with van der Waals surface area (Å²) in [6.45, 7) is 7.82. The minimum atomic E-state index is -1.33. The van der Waals surface area contributed by atoms with Gasteiger partial charge in [0.15, 0.2) is 11.5 Å². The average molecular weight is 397 g/mol. The van der Waals surface area contributed by atoms with Crippen LogP contribution in [0.2, 0.25) is 0 Å². The normalized spacial score (nSPS) is 17.9. The third-order valence-electron chi connectivity index (χ3n) is 5.17. The van der Waals surface area contributed by atoms with E-state index < -0.39 is 17.3 Å². The molecule has 6 nitrogen and oxygen atoms in total. The van der Waals surface area contributed by atoms with Gasteiger partial charge in [0.25, 0.3) is 0 Å². The number of carbonyl (C=O) groups is 1. The molecule has 1 heterocycles. The van der Waals surface area contributed by atoms with Gasteiger partial charge >= 0.3 is 5.97 Å². The highest BCUT2D eigenvalue weighted by Crippen LogP contribution is 2.51. The molecule has 0 saturated heterocycles. The Morgan fingerprint density at radius 2 is 2.03 bits per heavy atom. The Kier molecular flexibility index (Phi) is 5.22. The molecule has 154 valence electrons. The number of aromatic carboxylic acids is 1. The lowest BCUT2D eigenvalue weighted by Gasteiger charge is -2.35. The van der Waals surface area contributed by atoms with Crippen LogP contribution in [0, 0.1) is 0 Å². The van der Waals surface area contributed by atoms with Crippen molar-refractivity contribution in [2.45, 2.75) is 46.1 Å². The minimum Gasteiger partial charge on any atom is -0.871 e. The Labute approximate surface area is 169 Å². The van der Waals surface area contributed by atoms with Crippen LogP contribution in [0.25, 0.3) is 16.3 Å². The molecule has 1 aliphatic rings. The van der Waals surface area contributed by atoms with Gasteiger partial charge in [-0.1, -0.05) is 17.4 Å². The molecule has 6 heteroatoms. The lowest BCUT2D eigenvalue weighted by molar-refractivity contribution is -0.266. The van der Waals surface area contributed by atoms with Crippen molar-refractivity contribution in [3.63, 3.8) is 0 Å².